The van der Waals surface area contributed by atoms with E-state index in [1.54, 1.807) is 36.5 Å². The van der Waals surface area contributed by atoms with Crippen molar-refractivity contribution in [2.75, 3.05) is 24.4 Å². The van der Waals surface area contributed by atoms with Gasteiger partial charge in [0.15, 0.2) is 0 Å². The molecule has 8 heteroatoms. The maximum absolute atomic E-state index is 13.2. The smallest absolute Gasteiger partial charge is 0.264 e. The molecular weight excluding hydrogens is 487 g/mol. The van der Waals surface area contributed by atoms with Crippen LogP contribution < -0.4 is 4.72 Å². The Bertz CT molecular complexity index is 1520. The number of halogens is 1. The van der Waals surface area contributed by atoms with E-state index in [9.17, 15) is 12.8 Å². The topological polar surface area (TPSA) is 65.5 Å². The van der Waals surface area contributed by atoms with E-state index in [4.69, 9.17) is 0 Å². The summed E-state index contributed by atoms with van der Waals surface area (Å²) in [5.41, 5.74) is 3.85. The second kappa shape index (κ2) is 10.3. The molecule has 1 aromatic heterocycles. The van der Waals surface area contributed by atoms with Crippen molar-refractivity contribution in [1.82, 2.24) is 14.8 Å². The third-order valence-electron chi connectivity index (χ3n) is 6.73. The Morgan fingerprint density at radius 1 is 1.03 bits per heavy atom. The van der Waals surface area contributed by atoms with Crippen molar-refractivity contribution in [2.24, 2.45) is 0 Å². The molecule has 1 aliphatic rings. The molecule has 1 aliphatic heterocycles. The Morgan fingerprint density at radius 3 is 2.49 bits per heavy atom. The van der Waals surface area contributed by atoms with Crippen molar-refractivity contribution in [3.8, 4) is 0 Å². The van der Waals surface area contributed by atoms with E-state index in [1.165, 1.54) is 12.1 Å². The molecular formula is C29H29FN4O2S. The number of pyridine rings is 1. The highest BCUT2D eigenvalue weighted by atomic mass is 32.2. The Kier molecular flexibility index (Phi) is 6.95. The second-order valence-corrected chi connectivity index (χ2v) is 11.0. The van der Waals surface area contributed by atoms with Gasteiger partial charge in [-0.2, -0.15) is 0 Å². The minimum absolute atomic E-state index is 0.145. The first kappa shape index (κ1) is 24.9. The Morgan fingerprint density at radius 2 is 1.76 bits per heavy atom. The molecule has 0 bridgehead atoms. The van der Waals surface area contributed by atoms with Crippen LogP contribution in [0.3, 0.4) is 0 Å². The molecule has 0 saturated carbocycles. The molecule has 6 nitrogen and oxygen atoms in total. The molecule has 37 heavy (non-hydrogen) atoms. The van der Waals surface area contributed by atoms with Gasteiger partial charge in [0.05, 0.1) is 5.52 Å². The zero-order chi connectivity index (χ0) is 26.0. The maximum atomic E-state index is 13.2. The lowest BCUT2D eigenvalue weighted by Gasteiger charge is -2.42. The molecule has 1 fully saturated rings. The standard InChI is InChI=1S/C29H29FN4O2S/c1-21-19-33(20-23-8-12-26(30)13-9-23)17-18-34(21)22(2)24-10-14-27(15-11-24)32-37(35,36)28-7-3-5-25-6-4-16-31-29(25)28/h3-16,21,32H,2,17-20H2,1H3/t21-/m0/s1. The van der Waals surface area contributed by atoms with Crippen molar-refractivity contribution in [3.63, 3.8) is 0 Å². The molecule has 4 aromatic rings. The minimum atomic E-state index is -3.81. The van der Waals surface area contributed by atoms with Crippen molar-refractivity contribution in [2.45, 2.75) is 24.4 Å². The molecule has 0 spiro atoms. The van der Waals surface area contributed by atoms with E-state index in [-0.39, 0.29) is 16.8 Å². The summed E-state index contributed by atoms with van der Waals surface area (Å²) in [6, 6.07) is 22.9. The lowest BCUT2D eigenvalue weighted by molar-refractivity contribution is 0.123. The zero-order valence-corrected chi connectivity index (χ0v) is 21.5. The zero-order valence-electron chi connectivity index (χ0n) is 20.6. The van der Waals surface area contributed by atoms with E-state index in [2.05, 4.69) is 33.0 Å². The number of hydrogen-bond acceptors (Lipinski definition) is 5. The molecule has 2 heterocycles. The van der Waals surface area contributed by atoms with E-state index < -0.39 is 10.0 Å². The van der Waals surface area contributed by atoms with Gasteiger partial charge in [-0.25, -0.2) is 12.8 Å². The summed E-state index contributed by atoms with van der Waals surface area (Å²) in [4.78, 5) is 9.05. The summed E-state index contributed by atoms with van der Waals surface area (Å²) in [6.45, 7) is 9.84. The van der Waals surface area contributed by atoms with Gasteiger partial charge in [0.25, 0.3) is 10.0 Å². The van der Waals surface area contributed by atoms with Gasteiger partial charge in [-0.3, -0.25) is 14.6 Å². The van der Waals surface area contributed by atoms with Crippen LogP contribution in [0.2, 0.25) is 0 Å². The number of hydrogen-bond donors (Lipinski definition) is 1. The first-order valence-corrected chi connectivity index (χ1v) is 13.7. The summed E-state index contributed by atoms with van der Waals surface area (Å²) in [5, 5.41) is 0.768. The first-order valence-electron chi connectivity index (χ1n) is 12.2. The second-order valence-electron chi connectivity index (χ2n) is 9.36. The van der Waals surface area contributed by atoms with Crippen LogP contribution in [0.1, 0.15) is 18.1 Å². The number of aromatic nitrogens is 1. The summed E-state index contributed by atoms with van der Waals surface area (Å²) >= 11 is 0. The molecule has 0 amide bonds. The molecule has 0 aliphatic carbocycles. The van der Waals surface area contributed by atoms with Gasteiger partial charge in [-0.1, -0.05) is 49.0 Å². The van der Waals surface area contributed by atoms with Crippen LogP contribution in [-0.2, 0) is 16.6 Å². The average molecular weight is 517 g/mol. The van der Waals surface area contributed by atoms with E-state index in [0.717, 1.165) is 48.4 Å². The lowest BCUT2D eigenvalue weighted by atomic mass is 10.1. The van der Waals surface area contributed by atoms with Crippen LogP contribution in [0.15, 0.2) is 96.5 Å². The molecule has 1 atom stereocenters. The number of nitrogens with zero attached hydrogens (tertiary/aromatic N) is 3. The SMILES string of the molecule is C=C(c1ccc(NS(=O)(=O)c2cccc3cccnc23)cc1)N1CCN(Cc2ccc(F)cc2)C[C@@H]1C. The monoisotopic (exact) mass is 516 g/mol. The third-order valence-corrected chi connectivity index (χ3v) is 8.15. The fraction of sp³-hybridized carbons (Fsp3) is 0.207. The summed E-state index contributed by atoms with van der Waals surface area (Å²) in [7, 11) is -3.81. The number of piperazine rings is 1. The van der Waals surface area contributed by atoms with Crippen LogP contribution in [0, 0.1) is 5.82 Å². The van der Waals surface area contributed by atoms with Gasteiger partial charge in [0, 0.05) is 55.2 Å². The van der Waals surface area contributed by atoms with Gasteiger partial charge in [0.1, 0.15) is 10.7 Å². The third kappa shape index (κ3) is 5.50. The normalized spacial score (nSPS) is 16.6. The summed E-state index contributed by atoms with van der Waals surface area (Å²) in [6.07, 6.45) is 1.59. The van der Waals surface area contributed by atoms with Gasteiger partial charge < -0.3 is 4.90 Å². The van der Waals surface area contributed by atoms with E-state index >= 15 is 0 Å². The van der Waals surface area contributed by atoms with Crippen molar-refractivity contribution in [1.29, 1.82) is 0 Å². The minimum Gasteiger partial charge on any atom is -0.366 e. The van der Waals surface area contributed by atoms with Crippen LogP contribution >= 0.6 is 0 Å². The highest BCUT2D eigenvalue weighted by Crippen LogP contribution is 2.27. The summed E-state index contributed by atoms with van der Waals surface area (Å²) < 4.78 is 42.1. The number of benzene rings is 3. The van der Waals surface area contributed by atoms with Crippen LogP contribution in [0.25, 0.3) is 16.6 Å². The van der Waals surface area contributed by atoms with Gasteiger partial charge in [-0.15, -0.1) is 0 Å². The number of sulfonamides is 1. The summed E-state index contributed by atoms with van der Waals surface area (Å²) in [5.74, 6) is -0.220. The molecule has 1 saturated heterocycles. The Balaban J connectivity index is 1.24. The Labute approximate surface area is 217 Å². The number of anilines is 1. The lowest BCUT2D eigenvalue weighted by Crippen LogP contribution is -2.50. The molecule has 1 N–H and O–H groups in total. The molecule has 5 rings (SSSR count). The molecule has 0 unspecified atom stereocenters. The first-order chi connectivity index (χ1) is 17.8. The maximum Gasteiger partial charge on any atom is 0.264 e. The van der Waals surface area contributed by atoms with E-state index in [1.807, 2.05) is 36.4 Å². The van der Waals surface area contributed by atoms with Crippen molar-refractivity contribution >= 4 is 32.3 Å². The number of para-hydroxylation sites is 1. The van der Waals surface area contributed by atoms with Gasteiger partial charge in [-0.05, 0) is 54.4 Å². The quantitative estimate of drug-likeness (QED) is 0.359. The number of rotatable bonds is 7. The molecule has 190 valence electrons. The largest absolute Gasteiger partial charge is 0.366 e. The Hall–Kier alpha value is -3.75. The number of nitrogens with one attached hydrogen (secondary N) is 1. The van der Waals surface area contributed by atoms with E-state index in [0.29, 0.717) is 11.2 Å². The highest BCUT2D eigenvalue weighted by Gasteiger charge is 2.25. The average Bonchev–Trinajstić information content (AvgIpc) is 2.89. The van der Waals surface area contributed by atoms with Crippen molar-refractivity contribution in [3.05, 3.63) is 109 Å². The highest BCUT2D eigenvalue weighted by molar-refractivity contribution is 7.93. The fourth-order valence-electron chi connectivity index (χ4n) is 4.83. The van der Waals surface area contributed by atoms with Crippen LogP contribution in [0.4, 0.5) is 10.1 Å². The van der Waals surface area contributed by atoms with Gasteiger partial charge >= 0.3 is 0 Å². The molecule has 3 aromatic carbocycles. The predicted octanol–water partition coefficient (Wildman–Crippen LogP) is 5.35. The van der Waals surface area contributed by atoms with Crippen molar-refractivity contribution < 1.29 is 12.8 Å². The number of fused-ring (bicyclic) bond motifs is 1. The molecule has 0 radical (unpaired) electrons. The van der Waals surface area contributed by atoms with Crippen LogP contribution in [0.5, 0.6) is 0 Å². The predicted molar refractivity (Wildman–Crippen MR) is 146 cm³/mol. The van der Waals surface area contributed by atoms with Crippen LogP contribution in [-0.4, -0.2) is 48.9 Å². The fourth-order valence-corrected chi connectivity index (χ4v) is 6.06. The van der Waals surface area contributed by atoms with Gasteiger partial charge in [0.2, 0.25) is 0 Å².